The normalized spacial score (nSPS) is 19.6. The van der Waals surface area contributed by atoms with Gasteiger partial charge in [0, 0.05) is 18.8 Å². The average molecular weight is 418 g/mol. The van der Waals surface area contributed by atoms with Crippen LogP contribution in [0.25, 0.3) is 0 Å². The first-order chi connectivity index (χ1) is 13.4. The lowest BCUT2D eigenvalue weighted by molar-refractivity contribution is 0.309. The Balaban J connectivity index is 1.72. The molecule has 28 heavy (non-hydrogen) atoms. The molecule has 5 nitrogen and oxygen atoms in total. The van der Waals surface area contributed by atoms with Crippen LogP contribution in [0.4, 0.5) is 11.4 Å². The lowest BCUT2D eigenvalue weighted by atomic mass is 9.86. The van der Waals surface area contributed by atoms with E-state index in [4.69, 9.17) is 12.2 Å². The van der Waals surface area contributed by atoms with E-state index in [2.05, 4.69) is 17.6 Å². The molecule has 1 aliphatic carbocycles. The standard InChI is InChI=1S/C21H27N3O2S2/c1-16-9-6-7-14-20(16)23-21(27)22-17-10-8-13-19(15-17)28(25,26)24(2)18-11-4-3-5-12-18/h3-5,8,10-13,15-16,20H,6-7,9,14H2,1-2H3,(H2,22,23,27)/t16-,20+/m0/s1. The molecule has 2 atom stereocenters. The Kier molecular flexibility index (Phi) is 6.57. The van der Waals surface area contributed by atoms with Crippen molar-refractivity contribution in [2.45, 2.75) is 43.5 Å². The molecule has 2 N–H and O–H groups in total. The minimum absolute atomic E-state index is 0.220. The molecule has 150 valence electrons. The van der Waals surface area contributed by atoms with E-state index in [0.717, 1.165) is 6.42 Å². The number of nitrogens with one attached hydrogen (secondary N) is 2. The summed E-state index contributed by atoms with van der Waals surface area (Å²) in [4.78, 5) is 0.220. The Morgan fingerprint density at radius 2 is 1.79 bits per heavy atom. The number of anilines is 2. The minimum atomic E-state index is -3.66. The number of hydrogen-bond donors (Lipinski definition) is 2. The van der Waals surface area contributed by atoms with Crippen LogP contribution in [0.5, 0.6) is 0 Å². The average Bonchev–Trinajstić information content (AvgIpc) is 2.70. The van der Waals surface area contributed by atoms with Gasteiger partial charge in [0.05, 0.1) is 10.6 Å². The van der Waals surface area contributed by atoms with Crippen LogP contribution >= 0.6 is 12.2 Å². The Morgan fingerprint density at radius 1 is 1.07 bits per heavy atom. The third-order valence-corrected chi connectivity index (χ3v) is 7.30. The lowest BCUT2D eigenvalue weighted by Gasteiger charge is -2.30. The highest BCUT2D eigenvalue weighted by Crippen LogP contribution is 2.25. The highest BCUT2D eigenvalue weighted by Gasteiger charge is 2.23. The molecule has 0 bridgehead atoms. The van der Waals surface area contributed by atoms with Crippen LogP contribution in [0.3, 0.4) is 0 Å². The summed E-state index contributed by atoms with van der Waals surface area (Å²) in [6.07, 6.45) is 4.80. The van der Waals surface area contributed by atoms with Crippen molar-refractivity contribution in [3.63, 3.8) is 0 Å². The van der Waals surface area contributed by atoms with Crippen molar-refractivity contribution in [2.24, 2.45) is 5.92 Å². The zero-order valence-corrected chi connectivity index (χ0v) is 17.9. The zero-order chi connectivity index (χ0) is 20.1. The lowest BCUT2D eigenvalue weighted by Crippen LogP contribution is -2.43. The van der Waals surface area contributed by atoms with Gasteiger partial charge in [0.15, 0.2) is 5.11 Å². The van der Waals surface area contributed by atoms with Crippen LogP contribution in [0, 0.1) is 5.92 Å². The van der Waals surface area contributed by atoms with Crippen molar-refractivity contribution in [2.75, 3.05) is 16.7 Å². The number of hydrogen-bond acceptors (Lipinski definition) is 3. The predicted octanol–water partition coefficient (Wildman–Crippen LogP) is 4.38. The first-order valence-corrected chi connectivity index (χ1v) is 11.4. The molecule has 1 saturated carbocycles. The van der Waals surface area contributed by atoms with E-state index in [0.29, 0.717) is 28.4 Å². The van der Waals surface area contributed by atoms with Gasteiger partial charge in [-0.1, -0.05) is 44.0 Å². The Bertz CT molecular complexity index is 916. The van der Waals surface area contributed by atoms with Crippen LogP contribution in [-0.2, 0) is 10.0 Å². The fraction of sp³-hybridized carbons (Fsp3) is 0.381. The molecule has 2 aromatic carbocycles. The van der Waals surface area contributed by atoms with Gasteiger partial charge in [-0.05, 0) is 61.3 Å². The van der Waals surface area contributed by atoms with Crippen LogP contribution in [0.2, 0.25) is 0 Å². The molecular weight excluding hydrogens is 390 g/mol. The number of sulfonamides is 1. The van der Waals surface area contributed by atoms with E-state index in [1.54, 1.807) is 37.4 Å². The van der Waals surface area contributed by atoms with Crippen molar-refractivity contribution in [1.29, 1.82) is 0 Å². The van der Waals surface area contributed by atoms with Gasteiger partial charge in [0.2, 0.25) is 0 Å². The molecule has 0 unspecified atom stereocenters. The van der Waals surface area contributed by atoms with Gasteiger partial charge in [-0.2, -0.15) is 0 Å². The molecule has 2 aromatic rings. The van der Waals surface area contributed by atoms with Crippen molar-refractivity contribution in [1.82, 2.24) is 5.32 Å². The summed E-state index contributed by atoms with van der Waals surface area (Å²) in [7, 11) is -2.10. The van der Waals surface area contributed by atoms with Gasteiger partial charge in [0.25, 0.3) is 10.0 Å². The quantitative estimate of drug-likeness (QED) is 0.707. The second kappa shape index (κ2) is 8.92. The van der Waals surface area contributed by atoms with Gasteiger partial charge in [-0.3, -0.25) is 4.31 Å². The molecule has 0 saturated heterocycles. The van der Waals surface area contributed by atoms with E-state index < -0.39 is 10.0 Å². The van der Waals surface area contributed by atoms with Crippen molar-refractivity contribution >= 4 is 38.7 Å². The van der Waals surface area contributed by atoms with E-state index in [1.807, 2.05) is 24.3 Å². The van der Waals surface area contributed by atoms with Crippen molar-refractivity contribution < 1.29 is 8.42 Å². The van der Waals surface area contributed by atoms with Crippen molar-refractivity contribution in [3.8, 4) is 0 Å². The van der Waals surface area contributed by atoms with Crippen LogP contribution in [-0.4, -0.2) is 26.6 Å². The first-order valence-electron chi connectivity index (χ1n) is 9.59. The Labute approximate surface area is 173 Å². The summed E-state index contributed by atoms with van der Waals surface area (Å²) in [6.45, 7) is 2.24. The summed E-state index contributed by atoms with van der Waals surface area (Å²) in [5.41, 5.74) is 1.27. The highest BCUT2D eigenvalue weighted by atomic mass is 32.2. The van der Waals surface area contributed by atoms with Crippen LogP contribution < -0.4 is 14.9 Å². The second-order valence-corrected chi connectivity index (χ2v) is 9.68. The van der Waals surface area contributed by atoms with Gasteiger partial charge in [-0.25, -0.2) is 8.42 Å². The van der Waals surface area contributed by atoms with E-state index in [-0.39, 0.29) is 4.90 Å². The number of benzene rings is 2. The van der Waals surface area contributed by atoms with Gasteiger partial charge in [-0.15, -0.1) is 0 Å². The Morgan fingerprint density at radius 3 is 2.50 bits per heavy atom. The molecule has 0 aliphatic heterocycles. The largest absolute Gasteiger partial charge is 0.359 e. The molecule has 1 fully saturated rings. The summed E-state index contributed by atoms with van der Waals surface area (Å²) < 4.78 is 27.2. The summed E-state index contributed by atoms with van der Waals surface area (Å²) in [6, 6.07) is 16.1. The van der Waals surface area contributed by atoms with Gasteiger partial charge >= 0.3 is 0 Å². The molecule has 0 aromatic heterocycles. The fourth-order valence-electron chi connectivity index (χ4n) is 3.54. The SMILES string of the molecule is C[C@H]1CCCC[C@H]1NC(=S)Nc1cccc(S(=O)(=O)N(C)c2ccccc2)c1. The monoisotopic (exact) mass is 417 g/mol. The van der Waals surface area contributed by atoms with Gasteiger partial charge in [0.1, 0.15) is 0 Å². The maximum absolute atomic E-state index is 13.0. The molecule has 1 aliphatic rings. The molecule has 7 heteroatoms. The number of thiocarbonyl (C=S) groups is 1. The molecule has 3 rings (SSSR count). The smallest absolute Gasteiger partial charge is 0.264 e. The zero-order valence-electron chi connectivity index (χ0n) is 16.3. The van der Waals surface area contributed by atoms with Crippen molar-refractivity contribution in [3.05, 3.63) is 54.6 Å². The van der Waals surface area contributed by atoms with E-state index in [1.165, 1.54) is 23.6 Å². The summed E-state index contributed by atoms with van der Waals surface area (Å²) in [5.74, 6) is 0.583. The number of para-hydroxylation sites is 1. The third kappa shape index (κ3) is 4.83. The molecular formula is C21H27N3O2S2. The highest BCUT2D eigenvalue weighted by molar-refractivity contribution is 7.92. The molecule has 0 radical (unpaired) electrons. The molecule has 0 spiro atoms. The summed E-state index contributed by atoms with van der Waals surface area (Å²) >= 11 is 5.45. The third-order valence-electron chi connectivity index (χ3n) is 5.30. The number of nitrogens with zero attached hydrogens (tertiary/aromatic N) is 1. The van der Waals surface area contributed by atoms with Crippen LogP contribution in [0.15, 0.2) is 59.5 Å². The Hall–Kier alpha value is -2.12. The van der Waals surface area contributed by atoms with Gasteiger partial charge < -0.3 is 10.6 Å². The summed E-state index contributed by atoms with van der Waals surface area (Å²) in [5, 5.41) is 7.05. The van der Waals surface area contributed by atoms with Crippen LogP contribution in [0.1, 0.15) is 32.6 Å². The topological polar surface area (TPSA) is 61.4 Å². The first kappa shape index (κ1) is 20.6. The van der Waals surface area contributed by atoms with E-state index in [9.17, 15) is 8.42 Å². The maximum Gasteiger partial charge on any atom is 0.264 e. The minimum Gasteiger partial charge on any atom is -0.359 e. The molecule has 0 heterocycles. The second-order valence-electron chi connectivity index (χ2n) is 7.30. The number of rotatable bonds is 5. The predicted molar refractivity (Wildman–Crippen MR) is 119 cm³/mol. The maximum atomic E-state index is 13.0. The van der Waals surface area contributed by atoms with E-state index >= 15 is 0 Å². The molecule has 0 amide bonds. The fourth-order valence-corrected chi connectivity index (χ4v) is 5.05.